The highest BCUT2D eigenvalue weighted by Crippen LogP contribution is 2.13. The van der Waals surface area contributed by atoms with Gasteiger partial charge in [0.1, 0.15) is 5.75 Å². The average molecular weight is 331 g/mol. The van der Waals surface area contributed by atoms with Gasteiger partial charge in [-0.25, -0.2) is 0 Å². The Morgan fingerprint density at radius 3 is 2.83 bits per heavy atom. The number of rotatable bonds is 6. The molecule has 0 aromatic heterocycles. The maximum atomic E-state index is 12.2. The molecule has 7 nitrogen and oxygen atoms in total. The summed E-state index contributed by atoms with van der Waals surface area (Å²) in [4.78, 5) is 24.9. The van der Waals surface area contributed by atoms with Crippen LogP contribution in [0.25, 0.3) is 0 Å². The lowest BCUT2D eigenvalue weighted by atomic mass is 10.2. The fraction of sp³-hybridized carbons (Fsp3) is 0.471. The van der Waals surface area contributed by atoms with Crippen LogP contribution in [0, 0.1) is 11.3 Å². The Labute approximate surface area is 141 Å². The zero-order valence-electron chi connectivity index (χ0n) is 13.7. The number of benzene rings is 1. The van der Waals surface area contributed by atoms with Crippen LogP contribution < -0.4 is 10.1 Å². The lowest BCUT2D eigenvalue weighted by molar-refractivity contribution is -0.140. The molecule has 1 heterocycles. The molecule has 0 radical (unpaired) electrons. The van der Waals surface area contributed by atoms with Gasteiger partial charge < -0.3 is 19.7 Å². The molecule has 1 aromatic carbocycles. The summed E-state index contributed by atoms with van der Waals surface area (Å²) in [6.07, 6.45) is 0.153. The first-order chi connectivity index (χ1) is 11.6. The molecule has 1 N–H and O–H groups in total. The maximum absolute atomic E-state index is 12.2. The van der Waals surface area contributed by atoms with Gasteiger partial charge in [-0.2, -0.15) is 5.26 Å². The number of hydrogen-bond donors (Lipinski definition) is 1. The van der Waals surface area contributed by atoms with Crippen LogP contribution in [0.1, 0.15) is 12.5 Å². The Hall–Kier alpha value is -2.59. The van der Waals surface area contributed by atoms with E-state index in [0.717, 1.165) is 5.56 Å². The summed E-state index contributed by atoms with van der Waals surface area (Å²) in [5.74, 6) is 0.352. The second-order valence-electron chi connectivity index (χ2n) is 5.54. The number of nitriles is 1. The molecule has 24 heavy (non-hydrogen) atoms. The van der Waals surface area contributed by atoms with Gasteiger partial charge in [-0.05, 0) is 17.7 Å². The minimum atomic E-state index is -0.197. The van der Waals surface area contributed by atoms with Crippen LogP contribution in [0.2, 0.25) is 0 Å². The Morgan fingerprint density at radius 2 is 2.17 bits per heavy atom. The third kappa shape index (κ3) is 5.56. The SMILES string of the molecule is CC(=O)NCC1CN(C(=O)COc2ccc(CC#N)cc2)CCO1. The molecule has 1 saturated heterocycles. The molecule has 1 fully saturated rings. The number of carbonyl (C=O) groups excluding carboxylic acids is 2. The zero-order chi connectivity index (χ0) is 17.4. The van der Waals surface area contributed by atoms with Crippen molar-refractivity contribution in [3.8, 4) is 11.8 Å². The lowest BCUT2D eigenvalue weighted by Crippen LogP contribution is -2.50. The van der Waals surface area contributed by atoms with Crippen LogP contribution in [0.3, 0.4) is 0 Å². The summed E-state index contributed by atoms with van der Waals surface area (Å²) in [6.45, 7) is 3.18. The third-order valence-electron chi connectivity index (χ3n) is 3.64. The number of morpholine rings is 1. The van der Waals surface area contributed by atoms with Gasteiger partial charge in [-0.3, -0.25) is 9.59 Å². The summed E-state index contributed by atoms with van der Waals surface area (Å²) in [7, 11) is 0. The van der Waals surface area contributed by atoms with Crippen LogP contribution >= 0.6 is 0 Å². The number of amides is 2. The summed E-state index contributed by atoms with van der Waals surface area (Å²) in [5.41, 5.74) is 0.908. The smallest absolute Gasteiger partial charge is 0.260 e. The van der Waals surface area contributed by atoms with Gasteiger partial charge in [0, 0.05) is 26.6 Å². The van der Waals surface area contributed by atoms with Crippen molar-refractivity contribution in [1.82, 2.24) is 10.2 Å². The topological polar surface area (TPSA) is 91.7 Å². The molecule has 2 rings (SSSR count). The highest BCUT2D eigenvalue weighted by molar-refractivity contribution is 5.78. The standard InChI is InChI=1S/C17H21N3O4/c1-13(21)19-10-16-11-20(8-9-23-16)17(22)12-24-15-4-2-14(3-5-15)6-7-18/h2-5,16H,6,8-12H2,1H3,(H,19,21). The fourth-order valence-corrected chi connectivity index (χ4v) is 2.36. The average Bonchev–Trinajstić information content (AvgIpc) is 2.59. The van der Waals surface area contributed by atoms with Crippen LogP contribution in [-0.2, 0) is 20.7 Å². The van der Waals surface area contributed by atoms with E-state index in [1.54, 1.807) is 29.2 Å². The van der Waals surface area contributed by atoms with Crippen molar-refractivity contribution < 1.29 is 19.1 Å². The molecule has 0 aliphatic carbocycles. The highest BCUT2D eigenvalue weighted by atomic mass is 16.5. The summed E-state index contributed by atoms with van der Waals surface area (Å²) in [6, 6.07) is 9.19. The van der Waals surface area contributed by atoms with Gasteiger partial charge in [0.15, 0.2) is 6.61 Å². The minimum Gasteiger partial charge on any atom is -0.484 e. The molecule has 7 heteroatoms. The molecule has 1 unspecified atom stereocenters. The van der Waals surface area contributed by atoms with Crippen molar-refractivity contribution in [1.29, 1.82) is 5.26 Å². The van der Waals surface area contributed by atoms with Crippen LogP contribution in [0.15, 0.2) is 24.3 Å². The number of ether oxygens (including phenoxy) is 2. The zero-order valence-corrected chi connectivity index (χ0v) is 13.7. The van der Waals surface area contributed by atoms with Crippen molar-refractivity contribution in [2.45, 2.75) is 19.4 Å². The van der Waals surface area contributed by atoms with Crippen molar-refractivity contribution >= 4 is 11.8 Å². The Bertz CT molecular complexity index is 609. The maximum Gasteiger partial charge on any atom is 0.260 e. The van der Waals surface area contributed by atoms with E-state index in [1.165, 1.54) is 6.92 Å². The third-order valence-corrected chi connectivity index (χ3v) is 3.64. The first-order valence-electron chi connectivity index (χ1n) is 7.81. The molecule has 1 aliphatic heterocycles. The van der Waals surface area contributed by atoms with E-state index < -0.39 is 0 Å². The molecule has 0 saturated carbocycles. The molecule has 2 amide bonds. The van der Waals surface area contributed by atoms with Gasteiger partial charge in [-0.1, -0.05) is 12.1 Å². The Morgan fingerprint density at radius 1 is 1.42 bits per heavy atom. The molecule has 1 atom stereocenters. The van der Waals surface area contributed by atoms with Crippen molar-refractivity contribution in [3.05, 3.63) is 29.8 Å². The van der Waals surface area contributed by atoms with E-state index in [4.69, 9.17) is 14.7 Å². The lowest BCUT2D eigenvalue weighted by Gasteiger charge is -2.32. The van der Waals surface area contributed by atoms with E-state index in [0.29, 0.717) is 38.4 Å². The first-order valence-corrected chi connectivity index (χ1v) is 7.81. The van der Waals surface area contributed by atoms with E-state index in [2.05, 4.69) is 11.4 Å². The van der Waals surface area contributed by atoms with Gasteiger partial charge in [0.2, 0.25) is 5.91 Å². The normalized spacial score (nSPS) is 17.0. The van der Waals surface area contributed by atoms with Gasteiger partial charge in [0.05, 0.1) is 25.2 Å². The van der Waals surface area contributed by atoms with E-state index in [-0.39, 0.29) is 24.5 Å². The molecular weight excluding hydrogens is 310 g/mol. The summed E-state index contributed by atoms with van der Waals surface area (Å²) >= 11 is 0. The van der Waals surface area contributed by atoms with Gasteiger partial charge >= 0.3 is 0 Å². The molecule has 1 aliphatic rings. The van der Waals surface area contributed by atoms with Crippen LogP contribution in [0.5, 0.6) is 5.75 Å². The quantitative estimate of drug-likeness (QED) is 0.819. The van der Waals surface area contributed by atoms with Crippen LogP contribution in [0.4, 0.5) is 0 Å². The van der Waals surface area contributed by atoms with E-state index in [1.807, 2.05) is 0 Å². The summed E-state index contributed by atoms with van der Waals surface area (Å²) in [5, 5.41) is 11.3. The predicted octanol–water partition coefficient (Wildman–Crippen LogP) is 0.495. The molecular formula is C17H21N3O4. The monoisotopic (exact) mass is 331 g/mol. The van der Waals surface area contributed by atoms with E-state index >= 15 is 0 Å². The van der Waals surface area contributed by atoms with E-state index in [9.17, 15) is 9.59 Å². The second-order valence-corrected chi connectivity index (χ2v) is 5.54. The van der Waals surface area contributed by atoms with Gasteiger partial charge in [0.25, 0.3) is 5.91 Å². The molecule has 0 bridgehead atoms. The van der Waals surface area contributed by atoms with Crippen molar-refractivity contribution in [2.24, 2.45) is 0 Å². The number of nitrogens with one attached hydrogen (secondary N) is 1. The van der Waals surface area contributed by atoms with Crippen molar-refractivity contribution in [2.75, 3.05) is 32.8 Å². The molecule has 0 spiro atoms. The highest BCUT2D eigenvalue weighted by Gasteiger charge is 2.24. The largest absolute Gasteiger partial charge is 0.484 e. The second kappa shape index (κ2) is 8.89. The van der Waals surface area contributed by atoms with Gasteiger partial charge in [-0.15, -0.1) is 0 Å². The Kier molecular flexibility index (Phi) is 6.58. The predicted molar refractivity (Wildman–Crippen MR) is 86.3 cm³/mol. The summed E-state index contributed by atoms with van der Waals surface area (Å²) < 4.78 is 11.0. The number of nitrogens with zero attached hydrogens (tertiary/aromatic N) is 2. The number of hydrogen-bond acceptors (Lipinski definition) is 5. The fourth-order valence-electron chi connectivity index (χ4n) is 2.36. The molecule has 1 aromatic rings. The Balaban J connectivity index is 1.79. The molecule has 128 valence electrons. The van der Waals surface area contributed by atoms with Crippen molar-refractivity contribution in [3.63, 3.8) is 0 Å². The first kappa shape index (κ1) is 17.8. The van der Waals surface area contributed by atoms with Crippen LogP contribution in [-0.4, -0.2) is 55.7 Å². The number of carbonyl (C=O) groups is 2. The minimum absolute atomic E-state index is 0.0511.